The number of aliphatic carboxylic acids is 1. The molecule has 0 radical (unpaired) electrons. The number of likely N-dealkylation sites (tertiary alicyclic amines) is 1. The highest BCUT2D eigenvalue weighted by atomic mass is 16.4. The zero-order valence-electron chi connectivity index (χ0n) is 20.0. The molecule has 8 N–H and O–H groups in total. The molecule has 13 nitrogen and oxygen atoms in total. The second kappa shape index (κ2) is 12.8. The molecular formula is C22H35N7O6. The molecule has 0 aromatic carbocycles. The van der Waals surface area contributed by atoms with E-state index >= 15 is 0 Å². The molecule has 1 aliphatic heterocycles. The molecule has 13 heteroatoms. The fraction of sp³-hybridized carbons (Fsp3) is 0.636. The maximum absolute atomic E-state index is 13.3. The second-order valence-corrected chi connectivity index (χ2v) is 9.17. The molecule has 1 aliphatic rings. The Kier molecular flexibility index (Phi) is 10.2. The van der Waals surface area contributed by atoms with Gasteiger partial charge < -0.3 is 37.1 Å². The number of aromatic amines is 1. The summed E-state index contributed by atoms with van der Waals surface area (Å²) >= 11 is 0. The molecule has 2 rings (SSSR count). The Hall–Kier alpha value is -3.48. The van der Waals surface area contributed by atoms with Crippen molar-refractivity contribution in [2.24, 2.45) is 17.4 Å². The van der Waals surface area contributed by atoms with Crippen LogP contribution in [0.25, 0.3) is 0 Å². The number of H-pyrrole nitrogens is 1. The van der Waals surface area contributed by atoms with E-state index in [0.29, 0.717) is 18.5 Å². The lowest BCUT2D eigenvalue weighted by Gasteiger charge is -2.29. The van der Waals surface area contributed by atoms with Gasteiger partial charge in [0.25, 0.3) is 0 Å². The van der Waals surface area contributed by atoms with Crippen LogP contribution in [0.3, 0.4) is 0 Å². The molecule has 194 valence electrons. The highest BCUT2D eigenvalue weighted by Gasteiger charge is 2.38. The minimum absolute atomic E-state index is 0.0182. The zero-order valence-corrected chi connectivity index (χ0v) is 20.0. The number of amides is 4. The maximum Gasteiger partial charge on any atom is 0.326 e. The predicted octanol–water partition coefficient (Wildman–Crippen LogP) is -1.36. The van der Waals surface area contributed by atoms with Crippen molar-refractivity contribution in [2.75, 3.05) is 6.54 Å². The molecule has 2 heterocycles. The number of nitrogens with two attached hydrogens (primary N) is 2. The molecule has 0 saturated carbocycles. The molecule has 1 saturated heterocycles. The van der Waals surface area contributed by atoms with E-state index in [4.69, 9.17) is 11.5 Å². The van der Waals surface area contributed by atoms with Crippen LogP contribution in [-0.4, -0.2) is 80.3 Å². The van der Waals surface area contributed by atoms with Crippen molar-refractivity contribution >= 4 is 29.6 Å². The number of primary amides is 1. The van der Waals surface area contributed by atoms with Crippen molar-refractivity contribution in [2.45, 2.75) is 76.5 Å². The molecule has 4 atom stereocenters. The molecule has 1 aromatic heterocycles. The van der Waals surface area contributed by atoms with Crippen LogP contribution < -0.4 is 22.1 Å². The first kappa shape index (κ1) is 27.8. The van der Waals surface area contributed by atoms with Crippen LogP contribution in [-0.2, 0) is 30.4 Å². The van der Waals surface area contributed by atoms with Gasteiger partial charge in [0, 0.05) is 31.3 Å². The number of imidazole rings is 1. The van der Waals surface area contributed by atoms with E-state index in [1.54, 1.807) is 0 Å². The van der Waals surface area contributed by atoms with Gasteiger partial charge in [-0.2, -0.15) is 0 Å². The summed E-state index contributed by atoms with van der Waals surface area (Å²) in [6.45, 7) is 4.01. The minimum atomic E-state index is -1.10. The maximum atomic E-state index is 13.3. The fourth-order valence-corrected chi connectivity index (χ4v) is 3.99. The van der Waals surface area contributed by atoms with Crippen molar-refractivity contribution in [1.29, 1.82) is 0 Å². The number of carboxylic acid groups (broad SMARTS) is 1. The highest BCUT2D eigenvalue weighted by molar-refractivity contribution is 5.94. The molecule has 0 aliphatic carbocycles. The van der Waals surface area contributed by atoms with Gasteiger partial charge in [0.2, 0.25) is 23.6 Å². The summed E-state index contributed by atoms with van der Waals surface area (Å²) in [5, 5.41) is 14.8. The van der Waals surface area contributed by atoms with Gasteiger partial charge in [-0.05, 0) is 31.6 Å². The lowest BCUT2D eigenvalue weighted by atomic mass is 10.0. The van der Waals surface area contributed by atoms with Gasteiger partial charge in [0.15, 0.2) is 0 Å². The number of carboxylic acids is 1. The number of nitrogens with one attached hydrogen (secondary N) is 3. The summed E-state index contributed by atoms with van der Waals surface area (Å²) in [4.78, 5) is 69.7. The monoisotopic (exact) mass is 493 g/mol. The third kappa shape index (κ3) is 8.35. The van der Waals surface area contributed by atoms with Crippen molar-refractivity contribution in [3.63, 3.8) is 0 Å². The standard InChI is InChI=1S/C22H35N7O6/c1-12(2)8-15(27-19(31)14(23)5-6-18(24)30)20(32)28-16(9-13-10-25-11-26-13)21(33)29-7-3-4-17(29)22(34)35/h10-12,14-17H,3-9,23H2,1-2H3,(H2,24,30)(H,25,26)(H,27,31)(H,28,32)(H,34,35). The Morgan fingerprint density at radius 3 is 2.46 bits per heavy atom. The highest BCUT2D eigenvalue weighted by Crippen LogP contribution is 2.19. The number of hydrogen-bond acceptors (Lipinski definition) is 7. The lowest BCUT2D eigenvalue weighted by molar-refractivity contribution is -0.149. The van der Waals surface area contributed by atoms with E-state index in [1.165, 1.54) is 17.4 Å². The van der Waals surface area contributed by atoms with E-state index in [9.17, 15) is 29.1 Å². The van der Waals surface area contributed by atoms with Crippen molar-refractivity contribution in [1.82, 2.24) is 25.5 Å². The first-order valence-corrected chi connectivity index (χ1v) is 11.6. The third-order valence-electron chi connectivity index (χ3n) is 5.79. The summed E-state index contributed by atoms with van der Waals surface area (Å²) in [6, 6.07) is -4.06. The van der Waals surface area contributed by atoms with Crippen LogP contribution in [0.2, 0.25) is 0 Å². The number of carbonyl (C=O) groups is 5. The smallest absolute Gasteiger partial charge is 0.326 e. The average Bonchev–Trinajstić information content (AvgIpc) is 3.47. The number of carbonyl (C=O) groups excluding carboxylic acids is 4. The molecule has 1 fully saturated rings. The lowest BCUT2D eigenvalue weighted by Crippen LogP contribution is -2.58. The first-order valence-electron chi connectivity index (χ1n) is 11.6. The number of rotatable bonds is 13. The number of nitrogens with zero attached hydrogens (tertiary/aromatic N) is 2. The van der Waals surface area contributed by atoms with Gasteiger partial charge in [-0.25, -0.2) is 9.78 Å². The van der Waals surface area contributed by atoms with Crippen LogP contribution in [0.4, 0.5) is 0 Å². The van der Waals surface area contributed by atoms with E-state index in [0.717, 1.165) is 0 Å². The molecule has 35 heavy (non-hydrogen) atoms. The van der Waals surface area contributed by atoms with Crippen molar-refractivity contribution in [3.8, 4) is 0 Å². The van der Waals surface area contributed by atoms with Crippen molar-refractivity contribution in [3.05, 3.63) is 18.2 Å². The van der Waals surface area contributed by atoms with Gasteiger partial charge in [-0.1, -0.05) is 13.8 Å². The first-order chi connectivity index (χ1) is 16.5. The fourth-order valence-electron chi connectivity index (χ4n) is 3.99. The zero-order chi connectivity index (χ0) is 26.1. The molecule has 0 spiro atoms. The Bertz CT molecular complexity index is 904. The second-order valence-electron chi connectivity index (χ2n) is 9.17. The number of aromatic nitrogens is 2. The summed E-state index contributed by atoms with van der Waals surface area (Å²) in [5.41, 5.74) is 11.5. The van der Waals surface area contributed by atoms with Crippen LogP contribution in [0.1, 0.15) is 51.6 Å². The van der Waals surface area contributed by atoms with Gasteiger partial charge in [0.1, 0.15) is 18.1 Å². The van der Waals surface area contributed by atoms with E-state index in [1.807, 2.05) is 13.8 Å². The summed E-state index contributed by atoms with van der Waals surface area (Å²) in [6.07, 6.45) is 4.12. The van der Waals surface area contributed by atoms with Crippen LogP contribution >= 0.6 is 0 Å². The average molecular weight is 494 g/mol. The van der Waals surface area contributed by atoms with Gasteiger partial charge in [-0.3, -0.25) is 19.2 Å². The molecule has 0 bridgehead atoms. The SMILES string of the molecule is CC(C)CC(NC(=O)C(N)CCC(N)=O)C(=O)NC(Cc1cnc[nH]1)C(=O)N1CCCC1C(=O)O. The number of hydrogen-bond donors (Lipinski definition) is 6. The van der Waals surface area contributed by atoms with E-state index in [2.05, 4.69) is 20.6 Å². The Balaban J connectivity index is 2.18. The largest absolute Gasteiger partial charge is 0.480 e. The summed E-state index contributed by atoms with van der Waals surface area (Å²) in [7, 11) is 0. The Labute approximate surface area is 203 Å². The van der Waals surface area contributed by atoms with Crippen LogP contribution in [0.15, 0.2) is 12.5 Å². The molecule has 4 unspecified atom stereocenters. The quantitative estimate of drug-likeness (QED) is 0.192. The topological polar surface area (TPSA) is 214 Å². The van der Waals surface area contributed by atoms with E-state index in [-0.39, 0.29) is 38.1 Å². The van der Waals surface area contributed by atoms with Crippen molar-refractivity contribution < 1.29 is 29.1 Å². The van der Waals surface area contributed by atoms with Gasteiger partial charge in [-0.15, -0.1) is 0 Å². The molecule has 1 aromatic rings. The van der Waals surface area contributed by atoms with Crippen LogP contribution in [0.5, 0.6) is 0 Å². The summed E-state index contributed by atoms with van der Waals surface area (Å²) < 4.78 is 0. The Morgan fingerprint density at radius 1 is 1.20 bits per heavy atom. The van der Waals surface area contributed by atoms with E-state index < -0.39 is 53.8 Å². The van der Waals surface area contributed by atoms with Crippen LogP contribution in [0, 0.1) is 5.92 Å². The molecule has 4 amide bonds. The summed E-state index contributed by atoms with van der Waals surface area (Å²) in [5.74, 6) is -3.41. The molecular weight excluding hydrogens is 458 g/mol. The normalized spacial score (nSPS) is 18.1. The van der Waals surface area contributed by atoms with Gasteiger partial charge >= 0.3 is 5.97 Å². The Morgan fingerprint density at radius 2 is 1.89 bits per heavy atom. The predicted molar refractivity (Wildman–Crippen MR) is 124 cm³/mol. The third-order valence-corrected chi connectivity index (χ3v) is 5.79. The van der Waals surface area contributed by atoms with Gasteiger partial charge in [0.05, 0.1) is 12.4 Å². The minimum Gasteiger partial charge on any atom is -0.480 e.